The van der Waals surface area contributed by atoms with Crippen LogP contribution in [0.5, 0.6) is 0 Å². The van der Waals surface area contributed by atoms with E-state index in [0.29, 0.717) is 0 Å². The van der Waals surface area contributed by atoms with Crippen molar-refractivity contribution in [3.63, 3.8) is 0 Å². The van der Waals surface area contributed by atoms with E-state index < -0.39 is 0 Å². The summed E-state index contributed by atoms with van der Waals surface area (Å²) in [6.45, 7) is 4.06. The van der Waals surface area contributed by atoms with Crippen molar-refractivity contribution in [3.8, 4) is 0 Å². The van der Waals surface area contributed by atoms with Crippen molar-refractivity contribution in [2.45, 2.75) is 58.0 Å². The molecule has 0 bridgehead atoms. The summed E-state index contributed by atoms with van der Waals surface area (Å²) in [6, 6.07) is 8.41. The molecule has 0 aliphatic heterocycles. The number of rotatable bonds is 8. The smallest absolute Gasteiger partial charge is 0.224 e. The van der Waals surface area contributed by atoms with E-state index in [1.807, 2.05) is 26.0 Å². The Morgan fingerprint density at radius 3 is 1.74 bits per heavy atom. The van der Waals surface area contributed by atoms with Gasteiger partial charge in [-0.05, 0) is 49.6 Å². The van der Waals surface area contributed by atoms with E-state index in [0.717, 1.165) is 32.1 Å². The number of hydrogen-bond donors (Lipinski definition) is 2. The van der Waals surface area contributed by atoms with Crippen molar-refractivity contribution in [1.29, 1.82) is 0 Å². The van der Waals surface area contributed by atoms with Crippen LogP contribution in [0.1, 0.15) is 42.9 Å². The maximum absolute atomic E-state index is 12.8. The van der Waals surface area contributed by atoms with Crippen molar-refractivity contribution in [1.82, 2.24) is 10.6 Å². The second-order valence-corrected chi connectivity index (χ2v) is 9.59. The molecule has 2 aromatic rings. The number of carbonyl (C=O) groups excluding carboxylic acids is 2. The molecule has 4 atom stereocenters. The maximum Gasteiger partial charge on any atom is 0.224 e. The van der Waals surface area contributed by atoms with E-state index in [2.05, 4.69) is 33.5 Å². The quantitative estimate of drug-likeness (QED) is 0.698. The number of hydrogen-bond acceptors (Lipinski definition) is 4. The van der Waals surface area contributed by atoms with Crippen LogP contribution in [0.25, 0.3) is 0 Å². The third-order valence-corrected chi connectivity index (χ3v) is 6.94. The zero-order valence-electron chi connectivity index (χ0n) is 15.9. The highest BCUT2D eigenvalue weighted by Gasteiger charge is 2.38. The fourth-order valence-electron chi connectivity index (χ4n) is 3.85. The first-order valence-corrected chi connectivity index (χ1v) is 11.4. The van der Waals surface area contributed by atoms with Crippen LogP contribution in [0, 0.1) is 11.8 Å². The van der Waals surface area contributed by atoms with Gasteiger partial charge in [-0.1, -0.05) is 18.6 Å². The van der Waals surface area contributed by atoms with Gasteiger partial charge in [-0.2, -0.15) is 0 Å². The zero-order chi connectivity index (χ0) is 19.2. The lowest BCUT2D eigenvalue weighted by Crippen LogP contribution is -2.45. The molecule has 0 saturated heterocycles. The van der Waals surface area contributed by atoms with Crippen molar-refractivity contribution in [3.05, 3.63) is 44.8 Å². The first-order chi connectivity index (χ1) is 13.0. The minimum absolute atomic E-state index is 0.0302. The highest BCUT2D eigenvalue weighted by molar-refractivity contribution is 7.10. The first kappa shape index (κ1) is 20.1. The molecule has 6 heteroatoms. The first-order valence-electron chi connectivity index (χ1n) is 9.68. The van der Waals surface area contributed by atoms with Crippen LogP contribution >= 0.6 is 22.7 Å². The summed E-state index contributed by atoms with van der Waals surface area (Å²) in [6.07, 6.45) is 4.22. The summed E-state index contributed by atoms with van der Waals surface area (Å²) >= 11 is 3.42. The predicted octanol–water partition coefficient (Wildman–Crippen LogP) is 4.02. The Balaban J connectivity index is 1.50. The molecule has 27 heavy (non-hydrogen) atoms. The monoisotopic (exact) mass is 404 g/mol. The van der Waals surface area contributed by atoms with Crippen LogP contribution in [0.2, 0.25) is 0 Å². The van der Waals surface area contributed by atoms with Gasteiger partial charge in [-0.25, -0.2) is 0 Å². The standard InChI is InChI=1S/C21H28N2O2S2/c1-14(12-16-6-4-10-26-16)22-20(24)18-8-3-9-19(18)21(25)23-15(2)13-17-7-5-11-27-17/h4-7,10-11,14-15,18-19H,3,8-9,12-13H2,1-2H3,(H,22,24)(H,23,25)/t14-,15-,18-,19-/m1/s1. The van der Waals surface area contributed by atoms with Gasteiger partial charge in [0.2, 0.25) is 11.8 Å². The van der Waals surface area contributed by atoms with E-state index >= 15 is 0 Å². The molecule has 1 fully saturated rings. The fourth-order valence-corrected chi connectivity index (χ4v) is 5.52. The molecule has 0 spiro atoms. The Labute approximate surface area is 169 Å². The summed E-state index contributed by atoms with van der Waals surface area (Å²) in [7, 11) is 0. The molecule has 1 aliphatic carbocycles. The Morgan fingerprint density at radius 2 is 1.37 bits per heavy atom. The SMILES string of the molecule is C[C@H](Cc1cccs1)NC(=O)[C@@H]1CCC[C@H]1C(=O)N[C@H](C)Cc1cccs1. The highest BCUT2D eigenvalue weighted by Crippen LogP contribution is 2.32. The van der Waals surface area contributed by atoms with Gasteiger partial charge in [-0.3, -0.25) is 9.59 Å². The van der Waals surface area contributed by atoms with Crippen LogP contribution in [0.3, 0.4) is 0 Å². The largest absolute Gasteiger partial charge is 0.353 e. The van der Waals surface area contributed by atoms with E-state index in [-0.39, 0.29) is 35.7 Å². The molecule has 2 amide bonds. The molecule has 0 unspecified atom stereocenters. The molecule has 1 saturated carbocycles. The second-order valence-electron chi connectivity index (χ2n) is 7.53. The normalized spacial score (nSPS) is 21.6. The van der Waals surface area contributed by atoms with Crippen LogP contribution in [0.15, 0.2) is 35.0 Å². The molecular formula is C21H28N2O2S2. The van der Waals surface area contributed by atoms with E-state index in [4.69, 9.17) is 0 Å². The Hall–Kier alpha value is -1.66. The van der Waals surface area contributed by atoms with Crippen molar-refractivity contribution < 1.29 is 9.59 Å². The number of carbonyl (C=O) groups is 2. The summed E-state index contributed by atoms with van der Waals surface area (Å²) < 4.78 is 0. The molecule has 0 radical (unpaired) electrons. The highest BCUT2D eigenvalue weighted by atomic mass is 32.1. The summed E-state index contributed by atoms with van der Waals surface area (Å²) in [5.74, 6) is -0.348. The van der Waals surface area contributed by atoms with E-state index in [9.17, 15) is 9.59 Å². The van der Waals surface area contributed by atoms with Gasteiger partial charge in [-0.15, -0.1) is 22.7 Å². The van der Waals surface area contributed by atoms with E-state index in [1.165, 1.54) is 9.75 Å². The third-order valence-electron chi connectivity index (χ3n) is 5.14. The summed E-state index contributed by atoms with van der Waals surface area (Å²) in [5.41, 5.74) is 0. The average Bonchev–Trinajstić information content (AvgIpc) is 3.36. The molecule has 2 aromatic heterocycles. The summed E-state index contributed by atoms with van der Waals surface area (Å²) in [5, 5.41) is 10.4. The lowest BCUT2D eigenvalue weighted by atomic mass is 9.93. The van der Waals surface area contributed by atoms with Crippen LogP contribution < -0.4 is 10.6 Å². The number of amides is 2. The molecule has 3 rings (SSSR count). The molecule has 2 N–H and O–H groups in total. The lowest BCUT2D eigenvalue weighted by Gasteiger charge is -2.23. The minimum atomic E-state index is -0.204. The van der Waals surface area contributed by atoms with Gasteiger partial charge in [0.05, 0.1) is 0 Å². The molecular weight excluding hydrogens is 376 g/mol. The minimum Gasteiger partial charge on any atom is -0.353 e. The Bertz CT molecular complexity index is 665. The van der Waals surface area contributed by atoms with Gasteiger partial charge in [0.25, 0.3) is 0 Å². The maximum atomic E-state index is 12.8. The molecule has 2 heterocycles. The predicted molar refractivity (Wildman–Crippen MR) is 112 cm³/mol. The van der Waals surface area contributed by atoms with Crippen molar-refractivity contribution in [2.75, 3.05) is 0 Å². The Morgan fingerprint density at radius 1 is 0.926 bits per heavy atom. The van der Waals surface area contributed by atoms with Gasteiger partial charge in [0.15, 0.2) is 0 Å². The van der Waals surface area contributed by atoms with Crippen LogP contribution in [0.4, 0.5) is 0 Å². The van der Waals surface area contributed by atoms with Gasteiger partial charge >= 0.3 is 0 Å². The van der Waals surface area contributed by atoms with Gasteiger partial charge in [0, 0.05) is 46.5 Å². The lowest BCUT2D eigenvalue weighted by molar-refractivity contribution is -0.134. The van der Waals surface area contributed by atoms with E-state index in [1.54, 1.807) is 22.7 Å². The van der Waals surface area contributed by atoms with Crippen molar-refractivity contribution >= 4 is 34.5 Å². The molecule has 4 nitrogen and oxygen atoms in total. The van der Waals surface area contributed by atoms with Gasteiger partial charge < -0.3 is 10.6 Å². The Kier molecular flexibility index (Phi) is 7.07. The fraction of sp³-hybridized carbons (Fsp3) is 0.524. The summed E-state index contributed by atoms with van der Waals surface area (Å²) in [4.78, 5) is 28.0. The average molecular weight is 405 g/mol. The topological polar surface area (TPSA) is 58.2 Å². The molecule has 0 aromatic carbocycles. The van der Waals surface area contributed by atoms with Crippen molar-refractivity contribution in [2.24, 2.45) is 11.8 Å². The van der Waals surface area contributed by atoms with Crippen LogP contribution in [-0.2, 0) is 22.4 Å². The second kappa shape index (κ2) is 9.51. The molecule has 146 valence electrons. The zero-order valence-corrected chi connectivity index (χ0v) is 17.6. The molecule has 1 aliphatic rings. The number of nitrogens with one attached hydrogen (secondary N) is 2. The van der Waals surface area contributed by atoms with Crippen LogP contribution in [-0.4, -0.2) is 23.9 Å². The third kappa shape index (κ3) is 5.66. The number of thiophene rings is 2. The van der Waals surface area contributed by atoms with Gasteiger partial charge in [0.1, 0.15) is 0 Å².